The summed E-state index contributed by atoms with van der Waals surface area (Å²) in [5.41, 5.74) is 1.55. The minimum Gasteiger partial charge on any atom is -0.344 e. The van der Waals surface area contributed by atoms with Gasteiger partial charge in [-0.05, 0) is 6.92 Å². The smallest absolute Gasteiger partial charge is 0.197 e. The van der Waals surface area contributed by atoms with Crippen molar-refractivity contribution in [2.45, 2.75) is 6.92 Å². The highest BCUT2D eigenvalue weighted by Crippen LogP contribution is 2.06. The Bertz CT molecular complexity index is 392. The lowest BCUT2D eigenvalue weighted by atomic mass is 10.6. The number of imidazole rings is 1. The van der Waals surface area contributed by atoms with Crippen LogP contribution in [0.1, 0.15) is 5.82 Å². The standard InChI is InChI=1S/C7H8N4.H3N/c1-5-10-6-7(11(5)2)9-4-3-8-6;/h3-4H,1-2H3;1H3. The Morgan fingerprint density at radius 3 is 2.58 bits per heavy atom. The van der Waals surface area contributed by atoms with Crippen LogP contribution in [0.4, 0.5) is 0 Å². The minimum atomic E-state index is 0. The zero-order valence-corrected chi connectivity index (χ0v) is 7.15. The number of hydrogen-bond acceptors (Lipinski definition) is 4. The van der Waals surface area contributed by atoms with E-state index in [1.165, 1.54) is 0 Å². The molecule has 12 heavy (non-hydrogen) atoms. The fraction of sp³-hybridized carbons (Fsp3) is 0.286. The minimum absolute atomic E-state index is 0. The summed E-state index contributed by atoms with van der Waals surface area (Å²) in [5, 5.41) is 0. The summed E-state index contributed by atoms with van der Waals surface area (Å²) >= 11 is 0. The summed E-state index contributed by atoms with van der Waals surface area (Å²) in [4.78, 5) is 12.4. The molecule has 0 aliphatic rings. The maximum absolute atomic E-state index is 4.20. The molecule has 0 spiro atoms. The van der Waals surface area contributed by atoms with Crippen LogP contribution in [0.5, 0.6) is 0 Å². The molecule has 0 fully saturated rings. The number of hydrogen-bond donors (Lipinski definition) is 1. The van der Waals surface area contributed by atoms with Crippen molar-refractivity contribution >= 4 is 11.3 Å². The second-order valence-corrected chi connectivity index (χ2v) is 2.42. The number of aryl methyl sites for hydroxylation is 2. The van der Waals surface area contributed by atoms with Crippen LogP contribution in [0.15, 0.2) is 12.4 Å². The van der Waals surface area contributed by atoms with Crippen LogP contribution in [-0.4, -0.2) is 19.5 Å². The van der Waals surface area contributed by atoms with Gasteiger partial charge in [-0.1, -0.05) is 0 Å². The van der Waals surface area contributed by atoms with E-state index < -0.39 is 0 Å². The fourth-order valence-electron chi connectivity index (χ4n) is 1.02. The lowest BCUT2D eigenvalue weighted by Gasteiger charge is -1.92. The van der Waals surface area contributed by atoms with E-state index in [9.17, 15) is 0 Å². The number of fused-ring (bicyclic) bond motifs is 1. The van der Waals surface area contributed by atoms with Crippen LogP contribution >= 0.6 is 0 Å². The van der Waals surface area contributed by atoms with Crippen molar-refractivity contribution in [3.8, 4) is 0 Å². The van der Waals surface area contributed by atoms with Gasteiger partial charge in [-0.2, -0.15) is 0 Å². The van der Waals surface area contributed by atoms with Crippen LogP contribution < -0.4 is 6.15 Å². The molecule has 2 rings (SSSR count). The highest BCUT2D eigenvalue weighted by molar-refractivity contribution is 5.65. The van der Waals surface area contributed by atoms with Crippen molar-refractivity contribution in [2.75, 3.05) is 0 Å². The molecule has 0 bridgehead atoms. The zero-order chi connectivity index (χ0) is 7.84. The second kappa shape index (κ2) is 2.86. The third kappa shape index (κ3) is 1.04. The molecule has 0 saturated carbocycles. The van der Waals surface area contributed by atoms with Crippen molar-refractivity contribution in [1.29, 1.82) is 0 Å². The molecule has 0 aromatic carbocycles. The van der Waals surface area contributed by atoms with Gasteiger partial charge >= 0.3 is 0 Å². The molecule has 5 nitrogen and oxygen atoms in total. The third-order valence-electron chi connectivity index (χ3n) is 1.73. The van der Waals surface area contributed by atoms with E-state index >= 15 is 0 Å². The van der Waals surface area contributed by atoms with Crippen LogP contribution in [0.25, 0.3) is 11.3 Å². The molecule has 2 heterocycles. The van der Waals surface area contributed by atoms with Gasteiger partial charge in [0.05, 0.1) is 0 Å². The Labute approximate surface area is 70.1 Å². The molecular weight excluding hydrogens is 154 g/mol. The van der Waals surface area contributed by atoms with Crippen LogP contribution in [0.3, 0.4) is 0 Å². The maximum atomic E-state index is 4.20. The largest absolute Gasteiger partial charge is 0.344 e. The van der Waals surface area contributed by atoms with Crippen molar-refractivity contribution in [2.24, 2.45) is 7.05 Å². The van der Waals surface area contributed by atoms with E-state index in [0.29, 0.717) is 5.65 Å². The predicted molar refractivity (Wildman–Crippen MR) is 46.1 cm³/mol. The highest BCUT2D eigenvalue weighted by Gasteiger charge is 2.03. The van der Waals surface area contributed by atoms with Crippen LogP contribution in [-0.2, 0) is 7.05 Å². The van der Waals surface area contributed by atoms with E-state index in [2.05, 4.69) is 15.0 Å². The van der Waals surface area contributed by atoms with Crippen molar-refractivity contribution in [1.82, 2.24) is 25.7 Å². The molecule has 0 atom stereocenters. The lowest BCUT2D eigenvalue weighted by molar-refractivity contribution is 0.874. The van der Waals surface area contributed by atoms with Crippen molar-refractivity contribution in [3.63, 3.8) is 0 Å². The second-order valence-electron chi connectivity index (χ2n) is 2.42. The van der Waals surface area contributed by atoms with Gasteiger partial charge in [0, 0.05) is 19.4 Å². The molecular formula is C7H11N5. The Morgan fingerprint density at radius 2 is 1.92 bits per heavy atom. The molecule has 2 aromatic heterocycles. The fourth-order valence-corrected chi connectivity index (χ4v) is 1.02. The topological polar surface area (TPSA) is 78.6 Å². The Morgan fingerprint density at radius 1 is 1.25 bits per heavy atom. The van der Waals surface area contributed by atoms with E-state index in [0.717, 1.165) is 11.5 Å². The predicted octanol–water partition coefficient (Wildman–Crippen LogP) is 0.834. The van der Waals surface area contributed by atoms with Gasteiger partial charge in [0.15, 0.2) is 11.3 Å². The summed E-state index contributed by atoms with van der Waals surface area (Å²) in [7, 11) is 1.93. The van der Waals surface area contributed by atoms with E-state index in [1.54, 1.807) is 12.4 Å². The van der Waals surface area contributed by atoms with Gasteiger partial charge in [-0.3, -0.25) is 0 Å². The van der Waals surface area contributed by atoms with Gasteiger partial charge < -0.3 is 10.7 Å². The van der Waals surface area contributed by atoms with E-state index in [4.69, 9.17) is 0 Å². The first kappa shape index (κ1) is 8.61. The first-order valence-corrected chi connectivity index (χ1v) is 3.39. The summed E-state index contributed by atoms with van der Waals surface area (Å²) in [6, 6.07) is 0. The summed E-state index contributed by atoms with van der Waals surface area (Å²) in [6.45, 7) is 1.93. The lowest BCUT2D eigenvalue weighted by Crippen LogP contribution is -1.91. The molecule has 0 unspecified atom stereocenters. The Balaban J connectivity index is 0.000000720. The highest BCUT2D eigenvalue weighted by atomic mass is 15.1. The normalized spacial score (nSPS) is 9.83. The summed E-state index contributed by atoms with van der Waals surface area (Å²) in [5.74, 6) is 0.936. The summed E-state index contributed by atoms with van der Waals surface area (Å²) in [6.07, 6.45) is 3.32. The van der Waals surface area contributed by atoms with Crippen LogP contribution in [0, 0.1) is 6.92 Å². The molecule has 5 heteroatoms. The van der Waals surface area contributed by atoms with Gasteiger partial charge in [-0.15, -0.1) is 0 Å². The molecule has 0 saturated heterocycles. The summed E-state index contributed by atoms with van der Waals surface area (Å²) < 4.78 is 1.92. The van der Waals surface area contributed by atoms with E-state index in [-0.39, 0.29) is 6.15 Å². The van der Waals surface area contributed by atoms with Crippen molar-refractivity contribution in [3.05, 3.63) is 18.2 Å². The maximum Gasteiger partial charge on any atom is 0.197 e. The SMILES string of the molecule is Cc1nc2nccnc2n1C.N. The molecule has 2 aromatic rings. The molecule has 0 radical (unpaired) electrons. The number of rotatable bonds is 0. The van der Waals surface area contributed by atoms with Gasteiger partial charge in [0.1, 0.15) is 5.82 Å². The number of nitrogens with zero attached hydrogens (tertiary/aromatic N) is 4. The first-order valence-electron chi connectivity index (χ1n) is 3.39. The molecule has 0 aliphatic heterocycles. The number of aromatic nitrogens is 4. The van der Waals surface area contributed by atoms with Gasteiger partial charge in [0.2, 0.25) is 0 Å². The monoisotopic (exact) mass is 165 g/mol. The zero-order valence-electron chi connectivity index (χ0n) is 7.15. The average Bonchev–Trinajstić information content (AvgIpc) is 2.30. The Kier molecular flexibility index (Phi) is 2.05. The van der Waals surface area contributed by atoms with Crippen molar-refractivity contribution < 1.29 is 0 Å². The first-order chi connectivity index (χ1) is 5.29. The molecule has 64 valence electrons. The Hall–Kier alpha value is -1.49. The quantitative estimate of drug-likeness (QED) is 0.627. The average molecular weight is 165 g/mol. The van der Waals surface area contributed by atoms with Gasteiger partial charge in [-0.25, -0.2) is 15.0 Å². The van der Waals surface area contributed by atoms with Gasteiger partial charge in [0.25, 0.3) is 0 Å². The molecule has 0 aliphatic carbocycles. The molecule has 3 N–H and O–H groups in total. The third-order valence-corrected chi connectivity index (χ3v) is 1.73. The van der Waals surface area contributed by atoms with Crippen LogP contribution in [0.2, 0.25) is 0 Å². The molecule has 0 amide bonds. The van der Waals surface area contributed by atoms with E-state index in [1.807, 2.05) is 18.5 Å².